The SMILES string of the molecule is CCCCOC(=O)[C@@H](NC(=O)C1(C(C)O)CCC(C)N1C(=O)OC(C)(C)C)[C@@H](C)OCCCC. The number of unbranched alkanes of at least 4 members (excludes halogenated alkanes) is 2. The molecule has 2 amide bonds. The lowest BCUT2D eigenvalue weighted by Gasteiger charge is -2.42. The number of hydrogen-bond donors (Lipinski definition) is 2. The molecule has 0 saturated carbocycles. The van der Waals surface area contributed by atoms with E-state index in [-0.39, 0.29) is 19.1 Å². The summed E-state index contributed by atoms with van der Waals surface area (Å²) < 4.78 is 16.8. The maximum Gasteiger partial charge on any atom is 0.411 e. The highest BCUT2D eigenvalue weighted by Gasteiger charge is 2.57. The van der Waals surface area contributed by atoms with E-state index < -0.39 is 47.4 Å². The lowest BCUT2D eigenvalue weighted by Crippen LogP contribution is -2.67. The monoisotopic (exact) mass is 486 g/mol. The molecule has 0 aromatic carbocycles. The van der Waals surface area contributed by atoms with Gasteiger partial charge in [-0.2, -0.15) is 0 Å². The van der Waals surface area contributed by atoms with E-state index in [1.807, 2.05) is 20.8 Å². The fourth-order valence-electron chi connectivity index (χ4n) is 4.10. The molecule has 1 saturated heterocycles. The van der Waals surface area contributed by atoms with Crippen LogP contribution in [0.5, 0.6) is 0 Å². The van der Waals surface area contributed by atoms with Gasteiger partial charge >= 0.3 is 12.1 Å². The Morgan fingerprint density at radius 2 is 1.71 bits per heavy atom. The standard InChI is InChI=1S/C25H46N2O7/c1-9-11-15-32-18(4)20(21(29)33-16-12-10-2)26-22(30)25(19(5)28)14-13-17(3)27(25)23(31)34-24(6,7)8/h17-20,28H,9-16H2,1-8H3,(H,26,30)/t17?,18-,19?,20+,25?/m1/s1. The van der Waals surface area contributed by atoms with E-state index in [1.54, 1.807) is 27.7 Å². The molecule has 0 bridgehead atoms. The maximum absolute atomic E-state index is 13.7. The molecule has 3 unspecified atom stereocenters. The highest BCUT2D eigenvalue weighted by molar-refractivity contribution is 5.94. The van der Waals surface area contributed by atoms with Crippen LogP contribution in [-0.4, -0.2) is 76.6 Å². The van der Waals surface area contributed by atoms with Gasteiger partial charge in [0.25, 0.3) is 0 Å². The molecule has 1 aliphatic rings. The molecule has 1 aliphatic heterocycles. The van der Waals surface area contributed by atoms with E-state index in [1.165, 1.54) is 11.8 Å². The zero-order chi connectivity index (χ0) is 26.1. The van der Waals surface area contributed by atoms with Crippen molar-refractivity contribution in [3.8, 4) is 0 Å². The second-order valence-electron chi connectivity index (χ2n) is 10.2. The Morgan fingerprint density at radius 1 is 1.12 bits per heavy atom. The molecule has 0 spiro atoms. The van der Waals surface area contributed by atoms with E-state index in [9.17, 15) is 19.5 Å². The van der Waals surface area contributed by atoms with Crippen molar-refractivity contribution < 1.29 is 33.7 Å². The molecule has 2 N–H and O–H groups in total. The summed E-state index contributed by atoms with van der Waals surface area (Å²) in [6.07, 6.45) is 1.53. The van der Waals surface area contributed by atoms with E-state index in [4.69, 9.17) is 14.2 Å². The first kappa shape index (κ1) is 30.2. The van der Waals surface area contributed by atoms with Gasteiger partial charge in [-0.25, -0.2) is 9.59 Å². The predicted octanol–water partition coefficient (Wildman–Crippen LogP) is 3.56. The number of carbonyl (C=O) groups excluding carboxylic acids is 3. The van der Waals surface area contributed by atoms with Crippen LogP contribution >= 0.6 is 0 Å². The van der Waals surface area contributed by atoms with Crippen LogP contribution in [0.3, 0.4) is 0 Å². The number of nitrogens with zero attached hydrogens (tertiary/aromatic N) is 1. The second kappa shape index (κ2) is 13.3. The number of carbonyl (C=O) groups is 3. The summed E-state index contributed by atoms with van der Waals surface area (Å²) in [5.41, 5.74) is -2.35. The molecule has 1 rings (SSSR count). The van der Waals surface area contributed by atoms with Gasteiger partial charge in [0.2, 0.25) is 5.91 Å². The minimum atomic E-state index is -1.58. The van der Waals surface area contributed by atoms with Crippen molar-refractivity contribution in [1.29, 1.82) is 0 Å². The molecule has 0 aliphatic carbocycles. The normalized spacial score (nSPS) is 23.2. The van der Waals surface area contributed by atoms with E-state index in [0.717, 1.165) is 19.3 Å². The quantitative estimate of drug-likeness (QED) is 0.320. The fraction of sp³-hybridized carbons (Fsp3) is 0.880. The topological polar surface area (TPSA) is 114 Å². The third kappa shape index (κ3) is 7.83. The van der Waals surface area contributed by atoms with Crippen LogP contribution in [0, 0.1) is 0 Å². The molecule has 1 heterocycles. The van der Waals surface area contributed by atoms with Crippen LogP contribution in [0.2, 0.25) is 0 Å². The van der Waals surface area contributed by atoms with Crippen LogP contribution in [0.4, 0.5) is 4.79 Å². The minimum Gasteiger partial charge on any atom is -0.464 e. The summed E-state index contributed by atoms with van der Waals surface area (Å²) in [6.45, 7) is 14.9. The molecule has 9 heteroatoms. The zero-order valence-electron chi connectivity index (χ0n) is 22.3. The van der Waals surface area contributed by atoms with Gasteiger partial charge < -0.3 is 24.6 Å². The minimum absolute atomic E-state index is 0.236. The number of aliphatic hydroxyl groups excluding tert-OH is 1. The van der Waals surface area contributed by atoms with Crippen LogP contribution < -0.4 is 5.32 Å². The second-order valence-corrected chi connectivity index (χ2v) is 10.2. The Balaban J connectivity index is 3.23. The first-order valence-electron chi connectivity index (χ1n) is 12.6. The van der Waals surface area contributed by atoms with Gasteiger partial charge in [-0.1, -0.05) is 26.7 Å². The smallest absolute Gasteiger partial charge is 0.411 e. The number of hydrogen-bond acceptors (Lipinski definition) is 7. The van der Waals surface area contributed by atoms with Gasteiger partial charge in [-0.05, 0) is 67.2 Å². The van der Waals surface area contributed by atoms with Crippen LogP contribution in [-0.2, 0) is 23.8 Å². The largest absolute Gasteiger partial charge is 0.464 e. The van der Waals surface area contributed by atoms with E-state index in [2.05, 4.69) is 5.32 Å². The van der Waals surface area contributed by atoms with E-state index in [0.29, 0.717) is 19.4 Å². The molecule has 0 aromatic rings. The first-order chi connectivity index (χ1) is 15.8. The summed E-state index contributed by atoms with van der Waals surface area (Å²) in [6, 6.07) is -1.41. The van der Waals surface area contributed by atoms with Gasteiger partial charge in [-0.3, -0.25) is 9.69 Å². The van der Waals surface area contributed by atoms with Crippen molar-refractivity contribution in [2.45, 2.75) is 129 Å². The average molecular weight is 487 g/mol. The molecule has 198 valence electrons. The summed E-state index contributed by atoms with van der Waals surface area (Å²) in [5.74, 6) is -1.22. The highest BCUT2D eigenvalue weighted by Crippen LogP contribution is 2.38. The highest BCUT2D eigenvalue weighted by atomic mass is 16.6. The maximum atomic E-state index is 13.7. The number of ether oxygens (including phenoxy) is 3. The first-order valence-corrected chi connectivity index (χ1v) is 12.6. The van der Waals surface area contributed by atoms with Crippen molar-refractivity contribution >= 4 is 18.0 Å². The predicted molar refractivity (Wildman–Crippen MR) is 129 cm³/mol. The van der Waals surface area contributed by atoms with Gasteiger partial charge in [0.1, 0.15) is 5.60 Å². The molecular formula is C25H46N2O7. The summed E-state index contributed by atoms with van der Waals surface area (Å²) >= 11 is 0. The molecule has 5 atom stereocenters. The Labute approximate surface area is 204 Å². The van der Waals surface area contributed by atoms with Crippen LogP contribution in [0.1, 0.15) is 93.9 Å². The van der Waals surface area contributed by atoms with Crippen molar-refractivity contribution in [3.63, 3.8) is 0 Å². The van der Waals surface area contributed by atoms with Crippen molar-refractivity contribution in [3.05, 3.63) is 0 Å². The van der Waals surface area contributed by atoms with Gasteiger partial charge in [0.15, 0.2) is 11.6 Å². The molecular weight excluding hydrogens is 440 g/mol. The summed E-state index contributed by atoms with van der Waals surface area (Å²) in [4.78, 5) is 41.0. The Bertz CT molecular complexity index is 677. The number of likely N-dealkylation sites (tertiary alicyclic amines) is 1. The van der Waals surface area contributed by atoms with Gasteiger partial charge in [0, 0.05) is 12.6 Å². The lowest BCUT2D eigenvalue weighted by molar-refractivity contribution is -0.155. The van der Waals surface area contributed by atoms with Crippen molar-refractivity contribution in [1.82, 2.24) is 10.2 Å². The Hall–Kier alpha value is -1.87. The molecule has 0 radical (unpaired) electrons. The molecule has 34 heavy (non-hydrogen) atoms. The lowest BCUT2D eigenvalue weighted by atomic mass is 9.88. The van der Waals surface area contributed by atoms with Crippen LogP contribution in [0.15, 0.2) is 0 Å². The number of nitrogens with one attached hydrogen (secondary N) is 1. The van der Waals surface area contributed by atoms with Crippen molar-refractivity contribution in [2.75, 3.05) is 13.2 Å². The zero-order valence-corrected chi connectivity index (χ0v) is 22.3. The number of aliphatic hydroxyl groups is 1. The van der Waals surface area contributed by atoms with Gasteiger partial charge in [0.05, 0.1) is 18.8 Å². The molecule has 0 aromatic heterocycles. The van der Waals surface area contributed by atoms with Gasteiger partial charge in [-0.15, -0.1) is 0 Å². The molecule has 1 fully saturated rings. The van der Waals surface area contributed by atoms with E-state index >= 15 is 0 Å². The molecule has 9 nitrogen and oxygen atoms in total. The number of amides is 2. The Kier molecular flexibility index (Phi) is 11.8. The Morgan fingerprint density at radius 3 is 2.24 bits per heavy atom. The third-order valence-electron chi connectivity index (χ3n) is 6.12. The number of rotatable bonds is 12. The fourth-order valence-corrected chi connectivity index (χ4v) is 4.10. The summed E-state index contributed by atoms with van der Waals surface area (Å²) in [5, 5.41) is 13.5. The number of esters is 1. The summed E-state index contributed by atoms with van der Waals surface area (Å²) in [7, 11) is 0. The third-order valence-corrected chi connectivity index (χ3v) is 6.12. The van der Waals surface area contributed by atoms with Crippen LogP contribution in [0.25, 0.3) is 0 Å². The van der Waals surface area contributed by atoms with Crippen molar-refractivity contribution in [2.24, 2.45) is 0 Å². The average Bonchev–Trinajstić information content (AvgIpc) is 3.09.